The molecule has 0 radical (unpaired) electrons. The van der Waals surface area contributed by atoms with Crippen LogP contribution in [0.2, 0.25) is 0 Å². The van der Waals surface area contributed by atoms with Gasteiger partial charge in [-0.15, -0.1) is 0 Å². The first-order valence-electron chi connectivity index (χ1n) is 4.47. The van der Waals surface area contributed by atoms with Crippen molar-refractivity contribution in [2.45, 2.75) is 39.5 Å². The molecule has 1 N–H and O–H groups in total. The molecule has 60 valence electrons. The van der Waals surface area contributed by atoms with Crippen molar-refractivity contribution in [3.8, 4) is 0 Å². The minimum absolute atomic E-state index is 0.662. The fourth-order valence-corrected chi connectivity index (χ4v) is 1.52. The van der Waals surface area contributed by atoms with E-state index in [0.29, 0.717) is 5.41 Å². The van der Waals surface area contributed by atoms with Gasteiger partial charge in [0.05, 0.1) is 0 Å². The van der Waals surface area contributed by atoms with Gasteiger partial charge in [-0.1, -0.05) is 20.3 Å². The Balaban J connectivity index is 2.01. The fourth-order valence-electron chi connectivity index (χ4n) is 1.52. The largest absolute Gasteiger partial charge is 0.316 e. The molecule has 1 aliphatic rings. The zero-order chi connectivity index (χ0) is 7.45. The van der Waals surface area contributed by atoms with E-state index in [4.69, 9.17) is 0 Å². The maximum absolute atomic E-state index is 3.48. The van der Waals surface area contributed by atoms with Crippen molar-refractivity contribution >= 4 is 0 Å². The van der Waals surface area contributed by atoms with E-state index in [1.807, 2.05) is 0 Å². The highest BCUT2D eigenvalue weighted by Gasteiger charge is 2.30. The molecule has 0 bridgehead atoms. The first kappa shape index (κ1) is 8.06. The summed E-state index contributed by atoms with van der Waals surface area (Å²) in [5.41, 5.74) is 0.662. The molecule has 1 rings (SSSR count). The molecule has 0 saturated heterocycles. The van der Waals surface area contributed by atoms with Crippen LogP contribution in [0.15, 0.2) is 0 Å². The minimum Gasteiger partial charge on any atom is -0.316 e. The lowest BCUT2D eigenvalue weighted by atomic mass is 9.70. The standard InChI is InChI=1S/C9H19N/c1-3-7-10-8-9(2)5-4-6-9/h10H,3-8H2,1-2H3. The Hall–Kier alpha value is -0.0400. The highest BCUT2D eigenvalue weighted by molar-refractivity contribution is 4.84. The lowest BCUT2D eigenvalue weighted by molar-refractivity contribution is 0.157. The van der Waals surface area contributed by atoms with Crippen molar-refractivity contribution < 1.29 is 0 Å². The second-order valence-electron chi connectivity index (χ2n) is 3.84. The molecular weight excluding hydrogens is 122 g/mol. The minimum atomic E-state index is 0.662. The van der Waals surface area contributed by atoms with Gasteiger partial charge in [-0.3, -0.25) is 0 Å². The summed E-state index contributed by atoms with van der Waals surface area (Å²) in [4.78, 5) is 0. The van der Waals surface area contributed by atoms with Crippen LogP contribution >= 0.6 is 0 Å². The van der Waals surface area contributed by atoms with Crippen molar-refractivity contribution in [1.29, 1.82) is 0 Å². The zero-order valence-electron chi connectivity index (χ0n) is 7.24. The lowest BCUT2D eigenvalue weighted by Crippen LogP contribution is -2.37. The third kappa shape index (κ3) is 1.98. The van der Waals surface area contributed by atoms with E-state index < -0.39 is 0 Å². The van der Waals surface area contributed by atoms with Gasteiger partial charge in [-0.2, -0.15) is 0 Å². The van der Waals surface area contributed by atoms with E-state index in [1.165, 1.54) is 38.8 Å². The molecule has 0 aromatic heterocycles. The Bertz CT molecular complexity index is 94.9. The summed E-state index contributed by atoms with van der Waals surface area (Å²) in [5.74, 6) is 0. The van der Waals surface area contributed by atoms with E-state index in [9.17, 15) is 0 Å². The Morgan fingerprint density at radius 3 is 2.50 bits per heavy atom. The fraction of sp³-hybridized carbons (Fsp3) is 1.00. The van der Waals surface area contributed by atoms with Crippen molar-refractivity contribution in [3.63, 3.8) is 0 Å². The van der Waals surface area contributed by atoms with Crippen LogP contribution in [-0.2, 0) is 0 Å². The molecule has 1 nitrogen and oxygen atoms in total. The smallest absolute Gasteiger partial charge is 0.000516 e. The quantitative estimate of drug-likeness (QED) is 0.592. The van der Waals surface area contributed by atoms with Gasteiger partial charge in [0.15, 0.2) is 0 Å². The summed E-state index contributed by atoms with van der Waals surface area (Å²) in [6.07, 6.45) is 5.58. The van der Waals surface area contributed by atoms with Crippen LogP contribution in [0, 0.1) is 5.41 Å². The van der Waals surface area contributed by atoms with Crippen molar-refractivity contribution in [3.05, 3.63) is 0 Å². The van der Waals surface area contributed by atoms with Crippen LogP contribution in [0.3, 0.4) is 0 Å². The maximum Gasteiger partial charge on any atom is 0.000516 e. The molecular formula is C9H19N. The lowest BCUT2D eigenvalue weighted by Gasteiger charge is -2.38. The second-order valence-corrected chi connectivity index (χ2v) is 3.84. The van der Waals surface area contributed by atoms with E-state index in [1.54, 1.807) is 0 Å². The van der Waals surface area contributed by atoms with Gasteiger partial charge in [0.2, 0.25) is 0 Å². The number of hydrogen-bond acceptors (Lipinski definition) is 1. The predicted molar refractivity (Wildman–Crippen MR) is 45.1 cm³/mol. The number of hydrogen-bond donors (Lipinski definition) is 1. The molecule has 0 amide bonds. The summed E-state index contributed by atoms with van der Waals surface area (Å²) in [5, 5.41) is 3.48. The molecule has 1 saturated carbocycles. The van der Waals surface area contributed by atoms with Crippen LogP contribution in [-0.4, -0.2) is 13.1 Å². The van der Waals surface area contributed by atoms with Gasteiger partial charge in [-0.25, -0.2) is 0 Å². The molecule has 0 heterocycles. The summed E-state index contributed by atoms with van der Waals surface area (Å²) < 4.78 is 0. The molecule has 0 aliphatic heterocycles. The van der Waals surface area contributed by atoms with Crippen molar-refractivity contribution in [1.82, 2.24) is 5.32 Å². The van der Waals surface area contributed by atoms with Crippen LogP contribution < -0.4 is 5.32 Å². The van der Waals surface area contributed by atoms with E-state index in [2.05, 4.69) is 19.2 Å². The van der Waals surface area contributed by atoms with Gasteiger partial charge in [0.1, 0.15) is 0 Å². The average molecular weight is 141 g/mol. The second kappa shape index (κ2) is 3.38. The highest BCUT2D eigenvalue weighted by Crippen LogP contribution is 2.39. The predicted octanol–water partition coefficient (Wildman–Crippen LogP) is 2.18. The van der Waals surface area contributed by atoms with Crippen LogP contribution in [0.5, 0.6) is 0 Å². The maximum atomic E-state index is 3.48. The first-order chi connectivity index (χ1) is 4.77. The van der Waals surface area contributed by atoms with Gasteiger partial charge in [-0.05, 0) is 31.2 Å². The molecule has 0 atom stereocenters. The van der Waals surface area contributed by atoms with Crippen molar-refractivity contribution in [2.24, 2.45) is 5.41 Å². The summed E-state index contributed by atoms with van der Waals surface area (Å²) in [6, 6.07) is 0. The van der Waals surface area contributed by atoms with Crippen LogP contribution in [0.25, 0.3) is 0 Å². The van der Waals surface area contributed by atoms with Crippen LogP contribution in [0.4, 0.5) is 0 Å². The molecule has 10 heavy (non-hydrogen) atoms. The SMILES string of the molecule is CCCNCC1(C)CCC1. The summed E-state index contributed by atoms with van der Waals surface area (Å²) in [7, 11) is 0. The van der Waals surface area contributed by atoms with Crippen molar-refractivity contribution in [2.75, 3.05) is 13.1 Å². The van der Waals surface area contributed by atoms with E-state index in [-0.39, 0.29) is 0 Å². The monoisotopic (exact) mass is 141 g/mol. The highest BCUT2D eigenvalue weighted by atomic mass is 14.9. The summed E-state index contributed by atoms with van der Waals surface area (Å²) >= 11 is 0. The number of rotatable bonds is 4. The van der Waals surface area contributed by atoms with Gasteiger partial charge in [0, 0.05) is 6.54 Å². The summed E-state index contributed by atoms with van der Waals surface area (Å²) in [6.45, 7) is 7.03. The molecule has 1 aliphatic carbocycles. The third-order valence-corrected chi connectivity index (χ3v) is 2.54. The van der Waals surface area contributed by atoms with Gasteiger partial charge >= 0.3 is 0 Å². The topological polar surface area (TPSA) is 12.0 Å². The Morgan fingerprint density at radius 2 is 2.10 bits per heavy atom. The Morgan fingerprint density at radius 1 is 1.40 bits per heavy atom. The Labute approximate surface area is 64.2 Å². The molecule has 0 unspecified atom stereocenters. The molecule has 0 spiro atoms. The Kier molecular flexibility index (Phi) is 2.72. The molecule has 0 aromatic rings. The van der Waals surface area contributed by atoms with Crippen LogP contribution in [0.1, 0.15) is 39.5 Å². The number of nitrogens with one attached hydrogen (secondary N) is 1. The van der Waals surface area contributed by atoms with E-state index in [0.717, 1.165) is 0 Å². The van der Waals surface area contributed by atoms with E-state index >= 15 is 0 Å². The molecule has 1 heteroatoms. The molecule has 0 aromatic carbocycles. The van der Waals surface area contributed by atoms with Gasteiger partial charge < -0.3 is 5.32 Å². The zero-order valence-corrected chi connectivity index (χ0v) is 7.24. The third-order valence-electron chi connectivity index (χ3n) is 2.54. The first-order valence-corrected chi connectivity index (χ1v) is 4.47. The normalized spacial score (nSPS) is 22.2. The average Bonchev–Trinajstić information content (AvgIpc) is 1.85. The van der Waals surface area contributed by atoms with Gasteiger partial charge in [0.25, 0.3) is 0 Å². The molecule has 1 fully saturated rings.